The van der Waals surface area contributed by atoms with Crippen LogP contribution in [0, 0.1) is 0 Å². The number of carbonyl (C=O) groups is 2. The van der Waals surface area contributed by atoms with Gasteiger partial charge < -0.3 is 10.7 Å². The summed E-state index contributed by atoms with van der Waals surface area (Å²) in [7, 11) is 0. The Balaban J connectivity index is 2.04. The maximum atomic E-state index is 12.9. The van der Waals surface area contributed by atoms with Gasteiger partial charge in [0.05, 0.1) is 23.8 Å². The average Bonchev–Trinajstić information content (AvgIpc) is 3.07. The van der Waals surface area contributed by atoms with E-state index in [2.05, 4.69) is 15.0 Å². The number of pyridine rings is 2. The second-order valence-corrected chi connectivity index (χ2v) is 4.71. The summed E-state index contributed by atoms with van der Waals surface area (Å²) >= 11 is 0. The molecule has 23 heavy (non-hydrogen) atoms. The van der Waals surface area contributed by atoms with Crippen molar-refractivity contribution in [3.8, 4) is 0 Å². The molecule has 0 bridgehead atoms. The van der Waals surface area contributed by atoms with Crippen LogP contribution in [0.4, 0.5) is 11.4 Å². The minimum Gasteiger partial charge on any atom is -0.364 e. The number of H-pyrrole nitrogens is 1. The molecule has 0 radical (unpaired) electrons. The number of carbonyl (C=O) groups excluding carboxylic acids is 2. The molecule has 0 spiro atoms. The lowest BCUT2D eigenvalue weighted by Crippen LogP contribution is -2.26. The number of nitrogens with one attached hydrogen (secondary N) is 1. The third-order valence-electron chi connectivity index (χ3n) is 3.19. The number of aromatic amines is 1. The van der Waals surface area contributed by atoms with Gasteiger partial charge in [0.2, 0.25) is 0 Å². The fourth-order valence-corrected chi connectivity index (χ4v) is 2.14. The Labute approximate surface area is 131 Å². The molecule has 3 heterocycles. The molecule has 0 aromatic carbocycles. The normalized spacial score (nSPS) is 10.3. The van der Waals surface area contributed by atoms with Crippen molar-refractivity contribution >= 4 is 23.2 Å². The maximum absolute atomic E-state index is 12.9. The van der Waals surface area contributed by atoms with Gasteiger partial charge in [0.15, 0.2) is 0 Å². The van der Waals surface area contributed by atoms with Crippen molar-refractivity contribution in [3.05, 3.63) is 72.6 Å². The lowest BCUT2D eigenvalue weighted by molar-refractivity contribution is 0.0994. The second kappa shape index (κ2) is 6.10. The Hall–Kier alpha value is -3.48. The molecule has 0 atom stereocenters. The fraction of sp³-hybridized carbons (Fsp3) is 0. The molecule has 0 aliphatic rings. The monoisotopic (exact) mass is 307 g/mol. The zero-order chi connectivity index (χ0) is 16.2. The number of primary amides is 1. The smallest absolute Gasteiger partial charge is 0.279 e. The van der Waals surface area contributed by atoms with Gasteiger partial charge >= 0.3 is 0 Å². The fourth-order valence-electron chi connectivity index (χ4n) is 2.14. The molecule has 0 unspecified atom stereocenters. The third-order valence-corrected chi connectivity index (χ3v) is 3.19. The van der Waals surface area contributed by atoms with E-state index >= 15 is 0 Å². The van der Waals surface area contributed by atoms with Gasteiger partial charge in [0, 0.05) is 12.4 Å². The Morgan fingerprint density at radius 1 is 0.913 bits per heavy atom. The second-order valence-electron chi connectivity index (χ2n) is 4.71. The van der Waals surface area contributed by atoms with Gasteiger partial charge in [-0.15, -0.1) is 0 Å². The highest BCUT2D eigenvalue weighted by atomic mass is 16.2. The first-order valence-electron chi connectivity index (χ1n) is 6.80. The van der Waals surface area contributed by atoms with E-state index in [1.54, 1.807) is 49.1 Å². The van der Waals surface area contributed by atoms with Crippen LogP contribution in [-0.2, 0) is 0 Å². The highest BCUT2D eigenvalue weighted by molar-refractivity contribution is 6.10. The molecule has 0 aliphatic carbocycles. The van der Waals surface area contributed by atoms with Crippen LogP contribution in [0.15, 0.2) is 61.2 Å². The van der Waals surface area contributed by atoms with Crippen molar-refractivity contribution in [2.24, 2.45) is 5.73 Å². The Bertz CT molecular complexity index is 790. The number of anilines is 2. The molecular formula is C16H13N5O2. The molecule has 7 nitrogen and oxygen atoms in total. The van der Waals surface area contributed by atoms with E-state index in [1.807, 2.05) is 0 Å². The Morgan fingerprint density at radius 3 is 1.91 bits per heavy atom. The van der Waals surface area contributed by atoms with Crippen molar-refractivity contribution in [1.29, 1.82) is 0 Å². The number of aromatic nitrogens is 3. The first kappa shape index (κ1) is 14.5. The van der Waals surface area contributed by atoms with Crippen molar-refractivity contribution in [1.82, 2.24) is 15.0 Å². The van der Waals surface area contributed by atoms with Gasteiger partial charge in [-0.3, -0.25) is 24.5 Å². The number of hydrogen-bond donors (Lipinski definition) is 2. The van der Waals surface area contributed by atoms with Crippen LogP contribution in [0.1, 0.15) is 21.0 Å². The third kappa shape index (κ3) is 2.93. The largest absolute Gasteiger partial charge is 0.364 e. The predicted octanol–water partition coefficient (Wildman–Crippen LogP) is 1.88. The van der Waals surface area contributed by atoms with Crippen molar-refractivity contribution < 1.29 is 9.59 Å². The van der Waals surface area contributed by atoms with E-state index < -0.39 is 5.91 Å². The maximum Gasteiger partial charge on any atom is 0.279 e. The number of nitrogens with zero attached hydrogens (tertiary/aromatic N) is 3. The molecule has 0 saturated heterocycles. The van der Waals surface area contributed by atoms with Gasteiger partial charge in [0.1, 0.15) is 11.4 Å². The van der Waals surface area contributed by atoms with E-state index in [1.165, 1.54) is 17.0 Å². The van der Waals surface area contributed by atoms with Gasteiger partial charge in [-0.25, -0.2) is 0 Å². The van der Waals surface area contributed by atoms with Crippen LogP contribution < -0.4 is 10.6 Å². The molecule has 3 aromatic rings. The highest BCUT2D eigenvalue weighted by Crippen LogP contribution is 2.25. The summed E-state index contributed by atoms with van der Waals surface area (Å²) in [5.74, 6) is -0.975. The minimum atomic E-state index is -0.627. The van der Waals surface area contributed by atoms with Crippen molar-refractivity contribution in [2.75, 3.05) is 4.90 Å². The van der Waals surface area contributed by atoms with Crippen LogP contribution >= 0.6 is 0 Å². The van der Waals surface area contributed by atoms with E-state index in [-0.39, 0.29) is 17.3 Å². The highest BCUT2D eigenvalue weighted by Gasteiger charge is 2.22. The molecule has 3 aromatic heterocycles. The molecule has 3 rings (SSSR count). The first-order chi connectivity index (χ1) is 11.2. The summed E-state index contributed by atoms with van der Waals surface area (Å²) in [5, 5.41) is 0. The topological polar surface area (TPSA) is 105 Å². The van der Waals surface area contributed by atoms with Crippen LogP contribution in [0.25, 0.3) is 0 Å². The first-order valence-corrected chi connectivity index (χ1v) is 6.80. The molecule has 0 aliphatic heterocycles. The van der Waals surface area contributed by atoms with E-state index in [4.69, 9.17) is 5.73 Å². The van der Waals surface area contributed by atoms with Gasteiger partial charge in [-0.2, -0.15) is 0 Å². The summed E-state index contributed by atoms with van der Waals surface area (Å²) in [5.41, 5.74) is 6.79. The van der Waals surface area contributed by atoms with E-state index in [0.29, 0.717) is 11.4 Å². The number of amides is 2. The number of nitrogens with two attached hydrogens (primary N) is 1. The summed E-state index contributed by atoms with van der Waals surface area (Å²) in [6.07, 6.45) is 6.39. The molecule has 114 valence electrons. The summed E-state index contributed by atoms with van der Waals surface area (Å²) in [4.78, 5) is 36.3. The number of rotatable bonds is 4. The van der Waals surface area contributed by atoms with E-state index in [9.17, 15) is 9.59 Å². The van der Waals surface area contributed by atoms with Gasteiger partial charge in [0.25, 0.3) is 11.8 Å². The Kier molecular flexibility index (Phi) is 3.84. The minimum absolute atomic E-state index is 0.172. The van der Waals surface area contributed by atoms with Gasteiger partial charge in [-0.1, -0.05) is 0 Å². The molecule has 0 fully saturated rings. The molecule has 2 amide bonds. The molecule has 3 N–H and O–H groups in total. The van der Waals surface area contributed by atoms with E-state index in [0.717, 1.165) is 0 Å². The van der Waals surface area contributed by atoms with Crippen LogP contribution in [0.5, 0.6) is 0 Å². The van der Waals surface area contributed by atoms with Crippen molar-refractivity contribution in [3.63, 3.8) is 0 Å². The summed E-state index contributed by atoms with van der Waals surface area (Å²) in [6, 6.07) is 9.97. The SMILES string of the molecule is NC(=O)c1ccc(C(=O)N(c2cccnc2)c2cccnc2)[nH]1. The lowest BCUT2D eigenvalue weighted by Gasteiger charge is -2.21. The zero-order valence-corrected chi connectivity index (χ0v) is 12.0. The lowest BCUT2D eigenvalue weighted by atomic mass is 10.2. The summed E-state index contributed by atoms with van der Waals surface area (Å²) in [6.45, 7) is 0. The van der Waals surface area contributed by atoms with Crippen LogP contribution in [0.2, 0.25) is 0 Å². The predicted molar refractivity (Wildman–Crippen MR) is 84.3 cm³/mol. The number of hydrogen-bond acceptors (Lipinski definition) is 4. The molecular weight excluding hydrogens is 294 g/mol. The Morgan fingerprint density at radius 2 is 1.48 bits per heavy atom. The van der Waals surface area contributed by atoms with Crippen LogP contribution in [-0.4, -0.2) is 26.8 Å². The summed E-state index contributed by atoms with van der Waals surface area (Å²) < 4.78 is 0. The molecule has 7 heteroatoms. The van der Waals surface area contributed by atoms with Crippen LogP contribution in [0.3, 0.4) is 0 Å². The van der Waals surface area contributed by atoms with Crippen molar-refractivity contribution in [2.45, 2.75) is 0 Å². The van der Waals surface area contributed by atoms with Gasteiger partial charge in [-0.05, 0) is 36.4 Å². The molecule has 0 saturated carbocycles. The quantitative estimate of drug-likeness (QED) is 0.767. The standard InChI is InChI=1S/C16H13N5O2/c17-15(22)13-5-6-14(20-13)16(23)21(11-3-1-7-18-9-11)12-4-2-8-19-10-12/h1-10,20H,(H2,17,22). The zero-order valence-electron chi connectivity index (χ0n) is 12.0. The average molecular weight is 307 g/mol.